The van der Waals surface area contributed by atoms with Crippen molar-refractivity contribution in [2.24, 2.45) is 0 Å². The first-order valence-corrected chi connectivity index (χ1v) is 10.4. The summed E-state index contributed by atoms with van der Waals surface area (Å²) in [6.45, 7) is 2.01. The second-order valence-corrected chi connectivity index (χ2v) is 8.35. The van der Waals surface area contributed by atoms with E-state index >= 15 is 0 Å². The Balaban J connectivity index is 1.56. The van der Waals surface area contributed by atoms with Gasteiger partial charge in [-0.3, -0.25) is 0 Å². The number of benzene rings is 1. The highest BCUT2D eigenvalue weighted by Gasteiger charge is 2.42. The highest BCUT2D eigenvalue weighted by Crippen LogP contribution is 2.49. The molecule has 1 aliphatic rings. The van der Waals surface area contributed by atoms with Gasteiger partial charge >= 0.3 is 0 Å². The van der Waals surface area contributed by atoms with E-state index in [0.29, 0.717) is 29.7 Å². The van der Waals surface area contributed by atoms with E-state index in [-0.39, 0.29) is 18.0 Å². The molecule has 0 spiro atoms. The van der Waals surface area contributed by atoms with Crippen LogP contribution in [0.4, 0.5) is 8.78 Å². The molecule has 6 nitrogen and oxygen atoms in total. The minimum atomic E-state index is -1.33. The molecular formula is C22H24BF2N5O. The van der Waals surface area contributed by atoms with Crippen molar-refractivity contribution in [3.8, 4) is 22.8 Å². The predicted molar refractivity (Wildman–Crippen MR) is 117 cm³/mol. The molecule has 1 N–H and O–H groups in total. The van der Waals surface area contributed by atoms with E-state index in [1.54, 1.807) is 41.5 Å². The number of phenolic OH excluding ortho intramolecular Hbond substituents is 1. The Kier molecular flexibility index (Phi) is 5.85. The first-order valence-electron chi connectivity index (χ1n) is 10.4. The van der Waals surface area contributed by atoms with Crippen molar-refractivity contribution in [3.05, 3.63) is 54.4 Å². The van der Waals surface area contributed by atoms with Crippen molar-refractivity contribution in [2.75, 3.05) is 0 Å². The van der Waals surface area contributed by atoms with Gasteiger partial charge in [-0.15, -0.1) is 10.2 Å². The van der Waals surface area contributed by atoms with Gasteiger partial charge in [-0.2, -0.15) is 0 Å². The summed E-state index contributed by atoms with van der Waals surface area (Å²) >= 11 is 0. The third kappa shape index (κ3) is 4.35. The lowest BCUT2D eigenvalue weighted by molar-refractivity contribution is 0.145. The Morgan fingerprint density at radius 2 is 2.16 bits per heavy atom. The maximum Gasteiger partial charge on any atom is 0.185 e. The van der Waals surface area contributed by atoms with E-state index in [1.165, 1.54) is 6.20 Å². The van der Waals surface area contributed by atoms with E-state index in [2.05, 4.69) is 20.2 Å². The van der Waals surface area contributed by atoms with Gasteiger partial charge in [-0.05, 0) is 35.5 Å². The van der Waals surface area contributed by atoms with Crippen LogP contribution in [0.1, 0.15) is 38.3 Å². The summed E-state index contributed by atoms with van der Waals surface area (Å²) in [6, 6.07) is 5.11. The standard InChI is InChI=1S/C22H24BF2N5O/c1-2-5-22(23)11-14(18(24)10-20(22)25)8-15-12-27-21(29-28-15)17-4-3-16(9-19(17)31)30-7-6-26-13-30/h3-4,6-9,12-13,18,20,31H,2,5,10-11,23H2,1H3/b14-8+/t18-,20?,22-/m1/s1. The number of imidazole rings is 1. The molecule has 0 amide bonds. The minimum Gasteiger partial charge on any atom is -0.507 e. The molecule has 160 valence electrons. The van der Waals surface area contributed by atoms with Gasteiger partial charge < -0.3 is 9.67 Å². The fourth-order valence-electron chi connectivity index (χ4n) is 4.21. The Labute approximate surface area is 180 Å². The summed E-state index contributed by atoms with van der Waals surface area (Å²) in [5.41, 5.74) is 2.13. The molecule has 1 fully saturated rings. The Bertz CT molecular complexity index is 1070. The second-order valence-electron chi connectivity index (χ2n) is 8.35. The number of aromatic hydroxyl groups is 1. The number of alkyl halides is 2. The summed E-state index contributed by atoms with van der Waals surface area (Å²) in [4.78, 5) is 8.28. The molecule has 2 heterocycles. The molecule has 0 aliphatic heterocycles. The summed E-state index contributed by atoms with van der Waals surface area (Å²) < 4.78 is 30.7. The summed E-state index contributed by atoms with van der Waals surface area (Å²) in [5.74, 6) is 0.274. The average Bonchev–Trinajstić information content (AvgIpc) is 3.28. The van der Waals surface area contributed by atoms with Crippen LogP contribution in [0.5, 0.6) is 5.75 Å². The number of nitrogens with zero attached hydrogens (tertiary/aromatic N) is 5. The lowest BCUT2D eigenvalue weighted by atomic mass is 9.55. The lowest BCUT2D eigenvalue weighted by Crippen LogP contribution is -2.35. The van der Waals surface area contributed by atoms with Gasteiger partial charge in [0.15, 0.2) is 5.82 Å². The van der Waals surface area contributed by atoms with Crippen LogP contribution in [0.2, 0.25) is 5.31 Å². The summed E-state index contributed by atoms with van der Waals surface area (Å²) in [5, 5.41) is 18.1. The van der Waals surface area contributed by atoms with Crippen LogP contribution in [-0.2, 0) is 0 Å². The normalized spacial score (nSPS) is 25.1. The first kappa shape index (κ1) is 21.1. The molecule has 2 aromatic heterocycles. The average molecular weight is 423 g/mol. The number of rotatable bonds is 5. The molecular weight excluding hydrogens is 399 g/mol. The van der Waals surface area contributed by atoms with Gasteiger partial charge in [0, 0.05) is 24.9 Å². The van der Waals surface area contributed by atoms with E-state index < -0.39 is 17.7 Å². The highest BCUT2D eigenvalue weighted by molar-refractivity contribution is 6.16. The third-order valence-electron chi connectivity index (χ3n) is 5.94. The largest absolute Gasteiger partial charge is 0.507 e. The molecule has 1 saturated carbocycles. The van der Waals surface area contributed by atoms with Crippen LogP contribution in [0, 0.1) is 0 Å². The zero-order chi connectivity index (χ0) is 22.0. The summed E-state index contributed by atoms with van der Waals surface area (Å²) in [6.07, 6.45) is 7.46. The Hall–Kier alpha value is -3.10. The van der Waals surface area contributed by atoms with Crippen LogP contribution in [0.15, 0.2) is 48.7 Å². The Morgan fingerprint density at radius 3 is 2.81 bits per heavy atom. The van der Waals surface area contributed by atoms with Crippen molar-refractivity contribution >= 4 is 13.9 Å². The van der Waals surface area contributed by atoms with Crippen molar-refractivity contribution in [2.45, 2.75) is 50.3 Å². The number of hydrogen-bond donors (Lipinski definition) is 1. The maximum atomic E-state index is 14.5. The highest BCUT2D eigenvalue weighted by atomic mass is 19.1. The van der Waals surface area contributed by atoms with Crippen LogP contribution >= 0.6 is 0 Å². The van der Waals surface area contributed by atoms with Crippen molar-refractivity contribution in [3.63, 3.8) is 0 Å². The fraction of sp³-hybridized carbons (Fsp3) is 0.364. The molecule has 1 unspecified atom stereocenters. The van der Waals surface area contributed by atoms with Crippen molar-refractivity contribution in [1.29, 1.82) is 0 Å². The third-order valence-corrected chi connectivity index (χ3v) is 5.94. The van der Waals surface area contributed by atoms with Crippen molar-refractivity contribution in [1.82, 2.24) is 24.7 Å². The zero-order valence-corrected chi connectivity index (χ0v) is 17.5. The molecule has 4 rings (SSSR count). The van der Waals surface area contributed by atoms with Gasteiger partial charge in [-0.1, -0.05) is 19.8 Å². The monoisotopic (exact) mass is 423 g/mol. The van der Waals surface area contributed by atoms with Gasteiger partial charge in [0.05, 0.1) is 23.8 Å². The molecule has 1 aromatic carbocycles. The van der Waals surface area contributed by atoms with E-state index in [4.69, 9.17) is 0 Å². The second kappa shape index (κ2) is 8.57. The zero-order valence-electron chi connectivity index (χ0n) is 17.5. The number of phenols is 1. The van der Waals surface area contributed by atoms with Gasteiger partial charge in [0.1, 0.15) is 31.6 Å². The molecule has 31 heavy (non-hydrogen) atoms. The van der Waals surface area contributed by atoms with E-state index in [9.17, 15) is 13.9 Å². The lowest BCUT2D eigenvalue weighted by Gasteiger charge is -2.40. The fourth-order valence-corrected chi connectivity index (χ4v) is 4.21. The molecule has 3 aromatic rings. The van der Waals surface area contributed by atoms with Crippen LogP contribution in [0.3, 0.4) is 0 Å². The molecule has 0 saturated heterocycles. The number of halogens is 2. The first-order chi connectivity index (χ1) is 14.9. The van der Waals surface area contributed by atoms with E-state index in [0.717, 1.165) is 12.1 Å². The molecule has 0 bridgehead atoms. The molecule has 1 aliphatic carbocycles. The summed E-state index contributed by atoms with van der Waals surface area (Å²) in [7, 11) is 1.88. The van der Waals surface area contributed by atoms with Crippen LogP contribution in [-0.4, -0.2) is 50.0 Å². The molecule has 3 atom stereocenters. The number of aromatic nitrogens is 5. The maximum absolute atomic E-state index is 14.5. The van der Waals surface area contributed by atoms with Gasteiger partial charge in [0.25, 0.3) is 0 Å². The van der Waals surface area contributed by atoms with Gasteiger partial charge in [-0.25, -0.2) is 18.7 Å². The topological polar surface area (TPSA) is 76.7 Å². The van der Waals surface area contributed by atoms with Crippen molar-refractivity contribution < 1.29 is 13.9 Å². The smallest absolute Gasteiger partial charge is 0.185 e. The predicted octanol–water partition coefficient (Wildman–Crippen LogP) is 3.88. The minimum absolute atomic E-state index is 0.0135. The quantitative estimate of drug-likeness (QED) is 0.631. The van der Waals surface area contributed by atoms with Gasteiger partial charge in [0.2, 0.25) is 0 Å². The molecule has 0 radical (unpaired) electrons. The van der Waals surface area contributed by atoms with Crippen LogP contribution < -0.4 is 0 Å². The van der Waals surface area contributed by atoms with E-state index in [1.807, 2.05) is 20.8 Å². The molecule has 9 heteroatoms. The number of hydrogen-bond acceptors (Lipinski definition) is 5. The number of allylic oxidation sites excluding steroid dienone is 1. The SMILES string of the molecule is B[C@]1(CCC)C/C(=C\c2cnc(-c3ccc(-n4ccnc4)cc3O)nn2)[C@H](F)CC1F. The Morgan fingerprint density at radius 1 is 1.32 bits per heavy atom. The van der Waals surface area contributed by atoms with Crippen LogP contribution in [0.25, 0.3) is 23.2 Å².